The lowest BCUT2D eigenvalue weighted by Gasteiger charge is -2.36. The number of anilines is 1. The molecule has 320 valence electrons. The molecule has 0 aromatic carbocycles. The van der Waals surface area contributed by atoms with Crippen molar-refractivity contribution in [2.75, 3.05) is 44.7 Å². The Morgan fingerprint density at radius 1 is 1.12 bits per heavy atom. The largest absolute Gasteiger partial charge is 0.443 e. The van der Waals surface area contributed by atoms with E-state index in [9.17, 15) is 23.2 Å². The molecule has 6 atom stereocenters. The number of aromatic nitrogens is 4. The highest BCUT2D eigenvalue weighted by Gasteiger charge is 2.62. The SMILES string of the molecule is CCOP(=O)(OCC)[C@@](COC)(OC[C@H]1O[C@@H](n2ncc3c(N(C(=O)OC(C)(C)C)C4CCCC4)nc(Cl)nc32)[C@@H]2OC(C)(C)O[C@@H]21)C(=O)N=S(C)(=O)NC(C)=O. The smallest absolute Gasteiger partial charge is 0.416 e. The first kappa shape index (κ1) is 45.2. The van der Waals surface area contributed by atoms with E-state index in [4.69, 9.17) is 49.1 Å². The topological polar surface area (TPSA) is 230 Å². The molecule has 23 heteroatoms. The van der Waals surface area contributed by atoms with Crippen LogP contribution in [0.1, 0.15) is 87.3 Å². The monoisotopic (exact) mass is 865 g/mol. The van der Waals surface area contributed by atoms with Crippen molar-refractivity contribution in [3.63, 3.8) is 0 Å². The first-order chi connectivity index (χ1) is 26.6. The lowest BCUT2D eigenvalue weighted by Crippen LogP contribution is -2.49. The van der Waals surface area contributed by atoms with E-state index in [0.717, 1.165) is 38.9 Å². The van der Waals surface area contributed by atoms with Gasteiger partial charge in [-0.2, -0.15) is 15.1 Å². The minimum atomic E-state index is -4.66. The first-order valence-electron chi connectivity index (χ1n) is 18.6. The molecule has 57 heavy (non-hydrogen) atoms. The molecule has 1 aliphatic carbocycles. The average molecular weight is 866 g/mol. The van der Waals surface area contributed by atoms with E-state index in [1.807, 2.05) is 0 Å². The Bertz CT molecular complexity index is 1990. The molecule has 2 aromatic heterocycles. The second-order valence-corrected chi connectivity index (χ2v) is 19.8. The third-order valence-electron chi connectivity index (χ3n) is 9.07. The number of carbonyl (C=O) groups is 3. The third kappa shape index (κ3) is 9.80. The van der Waals surface area contributed by atoms with Gasteiger partial charge in [0.05, 0.1) is 38.0 Å². The Kier molecular flexibility index (Phi) is 13.8. The van der Waals surface area contributed by atoms with Gasteiger partial charge in [0, 0.05) is 26.3 Å². The quantitative estimate of drug-likeness (QED) is 0.186. The van der Waals surface area contributed by atoms with Gasteiger partial charge in [-0.25, -0.2) is 13.7 Å². The zero-order valence-electron chi connectivity index (χ0n) is 33.8. The summed E-state index contributed by atoms with van der Waals surface area (Å²) in [4.78, 5) is 50.1. The zero-order valence-corrected chi connectivity index (χ0v) is 36.3. The van der Waals surface area contributed by atoms with Crippen LogP contribution < -0.4 is 9.62 Å². The maximum atomic E-state index is 14.6. The molecule has 4 heterocycles. The normalized spacial score (nSPS) is 24.5. The van der Waals surface area contributed by atoms with Crippen LogP contribution in [0.25, 0.3) is 11.0 Å². The van der Waals surface area contributed by atoms with E-state index in [0.29, 0.717) is 5.39 Å². The molecule has 3 amide bonds. The number of rotatable bonds is 15. The Labute approximate surface area is 337 Å². The molecule has 20 nitrogen and oxygen atoms in total. The molecular formula is C34H53ClN7O13PS. The van der Waals surface area contributed by atoms with Gasteiger partial charge in [-0.15, -0.1) is 4.36 Å². The second kappa shape index (κ2) is 17.4. The van der Waals surface area contributed by atoms with Gasteiger partial charge in [0.15, 0.2) is 23.5 Å². The number of ether oxygens (including phenoxy) is 6. The number of hydrogen-bond acceptors (Lipinski definition) is 16. The van der Waals surface area contributed by atoms with Crippen LogP contribution >= 0.6 is 19.2 Å². The standard InChI is InChI=1S/C34H53ClN7O13PS/c1-11-50-56(46,51-12-2)34(19-48-9,29(44)40-57(10,47)39-20(3)43)49-18-23-24-25(54-33(7,8)53-24)28(52-23)42-27-22(17-36-42)26(37-30(35)38-27)41(21-15-13-14-16-21)31(45)55-32(4,5)6/h17,21,23-25,28H,11-16,18-19H2,1-10H3,(H,39,40,43,44,47)/t23-,24-,25-,28-,34-,57?/m1/s1. The number of amides is 3. The molecule has 1 unspecified atom stereocenters. The van der Waals surface area contributed by atoms with Crippen LogP contribution in [0.4, 0.5) is 10.6 Å². The fourth-order valence-corrected chi connectivity index (χ4v) is 10.3. The van der Waals surface area contributed by atoms with E-state index in [2.05, 4.69) is 24.2 Å². The van der Waals surface area contributed by atoms with Gasteiger partial charge >= 0.3 is 19.6 Å². The fraction of sp³-hybridized carbons (Fsp3) is 0.765. The summed E-state index contributed by atoms with van der Waals surface area (Å²) in [6.45, 7) is 11.3. The molecule has 3 fully saturated rings. The van der Waals surface area contributed by atoms with Crippen molar-refractivity contribution >= 4 is 63.9 Å². The Morgan fingerprint density at radius 2 is 1.75 bits per heavy atom. The number of hydrogen-bond donors (Lipinski definition) is 1. The lowest BCUT2D eigenvalue weighted by molar-refractivity contribution is -0.207. The van der Waals surface area contributed by atoms with Crippen LogP contribution in [0, 0.1) is 0 Å². The van der Waals surface area contributed by atoms with Gasteiger partial charge in [0.1, 0.15) is 33.8 Å². The molecule has 1 saturated carbocycles. The van der Waals surface area contributed by atoms with Crippen LogP contribution in [0.2, 0.25) is 5.28 Å². The molecule has 1 N–H and O–H groups in total. The summed E-state index contributed by atoms with van der Waals surface area (Å²) in [6, 6.07) is -0.205. The maximum Gasteiger partial charge on any atom is 0.416 e. The van der Waals surface area contributed by atoms with Gasteiger partial charge in [-0.05, 0) is 72.9 Å². The number of halogens is 1. The van der Waals surface area contributed by atoms with E-state index >= 15 is 0 Å². The molecule has 2 saturated heterocycles. The highest BCUT2D eigenvalue weighted by Crippen LogP contribution is 2.62. The Balaban J connectivity index is 1.56. The predicted octanol–water partition coefficient (Wildman–Crippen LogP) is 4.88. The van der Waals surface area contributed by atoms with Crippen molar-refractivity contribution in [2.45, 2.75) is 128 Å². The summed E-state index contributed by atoms with van der Waals surface area (Å²) in [5.41, 5.74) is -0.574. The predicted molar refractivity (Wildman–Crippen MR) is 206 cm³/mol. The van der Waals surface area contributed by atoms with E-state index in [1.54, 1.807) is 34.6 Å². The minimum absolute atomic E-state index is 0.162. The third-order valence-corrected chi connectivity index (χ3v) is 13.0. The molecule has 2 aliphatic heterocycles. The summed E-state index contributed by atoms with van der Waals surface area (Å²) in [5, 5.41) is 2.21. The van der Waals surface area contributed by atoms with Crippen LogP contribution in [-0.4, -0.2) is 123 Å². The number of fused-ring (bicyclic) bond motifs is 2. The van der Waals surface area contributed by atoms with Gasteiger partial charge in [0.25, 0.3) is 5.34 Å². The minimum Gasteiger partial charge on any atom is -0.443 e. The maximum absolute atomic E-state index is 14.6. The van der Waals surface area contributed by atoms with Gasteiger partial charge in [0.2, 0.25) is 11.2 Å². The van der Waals surface area contributed by atoms with Gasteiger partial charge < -0.3 is 37.5 Å². The van der Waals surface area contributed by atoms with Crippen molar-refractivity contribution in [2.24, 2.45) is 4.36 Å². The van der Waals surface area contributed by atoms with Crippen LogP contribution in [-0.2, 0) is 61.5 Å². The van der Waals surface area contributed by atoms with E-state index < -0.39 is 89.9 Å². The molecule has 0 bridgehead atoms. The van der Waals surface area contributed by atoms with Crippen molar-refractivity contribution < 1.29 is 60.6 Å². The number of nitrogens with one attached hydrogen (secondary N) is 1. The van der Waals surface area contributed by atoms with Crippen molar-refractivity contribution in [1.29, 1.82) is 0 Å². The number of carbonyl (C=O) groups excluding carboxylic acids is 3. The summed E-state index contributed by atoms with van der Waals surface area (Å²) in [6.07, 6.45) is 1.39. The van der Waals surface area contributed by atoms with Gasteiger partial charge in [-0.1, -0.05) is 12.8 Å². The summed E-state index contributed by atoms with van der Waals surface area (Å²) >= 11 is 6.55. The fourth-order valence-electron chi connectivity index (χ4n) is 7.09. The van der Waals surface area contributed by atoms with Crippen LogP contribution in [0.5, 0.6) is 0 Å². The molecule has 5 rings (SSSR count). The van der Waals surface area contributed by atoms with Gasteiger partial charge in [-0.3, -0.25) is 23.8 Å². The van der Waals surface area contributed by atoms with Crippen LogP contribution in [0.15, 0.2) is 10.6 Å². The molecule has 2 aromatic rings. The first-order valence-corrected chi connectivity index (χ1v) is 22.4. The van der Waals surface area contributed by atoms with Crippen molar-refractivity contribution in [3.05, 3.63) is 11.5 Å². The van der Waals surface area contributed by atoms with Crippen molar-refractivity contribution in [3.8, 4) is 0 Å². The average Bonchev–Trinajstić information content (AvgIpc) is 3.86. The van der Waals surface area contributed by atoms with Crippen molar-refractivity contribution in [1.82, 2.24) is 24.5 Å². The second-order valence-electron chi connectivity index (χ2n) is 15.3. The van der Waals surface area contributed by atoms with E-state index in [1.165, 1.54) is 36.7 Å². The molecule has 0 radical (unpaired) electrons. The highest BCUT2D eigenvalue weighted by molar-refractivity contribution is 7.91. The summed E-state index contributed by atoms with van der Waals surface area (Å²) in [7, 11) is -7.15. The summed E-state index contributed by atoms with van der Waals surface area (Å²) < 4.78 is 82.8. The summed E-state index contributed by atoms with van der Waals surface area (Å²) in [5.74, 6) is -2.98. The molecule has 3 aliphatic rings. The zero-order chi connectivity index (χ0) is 42.1. The highest BCUT2D eigenvalue weighted by atomic mass is 35.5. The Morgan fingerprint density at radius 3 is 2.33 bits per heavy atom. The Hall–Kier alpha value is -2.85. The lowest BCUT2D eigenvalue weighted by atomic mass is 10.1. The molecule has 0 spiro atoms. The molecular weight excluding hydrogens is 813 g/mol. The number of methoxy groups -OCH3 is 1. The van der Waals surface area contributed by atoms with Crippen LogP contribution in [0.3, 0.4) is 0 Å². The van der Waals surface area contributed by atoms with E-state index in [-0.39, 0.29) is 36.0 Å². The number of nitrogens with zero attached hydrogens (tertiary/aromatic N) is 6.